The van der Waals surface area contributed by atoms with Crippen molar-refractivity contribution in [3.8, 4) is 16.5 Å². The molecule has 2 heterocycles. The number of aromatic nitrogens is 2. The van der Waals surface area contributed by atoms with Gasteiger partial charge in [0.25, 0.3) is 0 Å². The number of methoxy groups -OCH3 is 1. The van der Waals surface area contributed by atoms with E-state index in [0.717, 1.165) is 20.8 Å². The first-order valence-electron chi connectivity index (χ1n) is 5.88. The molecule has 0 bridgehead atoms. The van der Waals surface area contributed by atoms with Gasteiger partial charge in [0, 0.05) is 23.4 Å². The molecule has 2 N–H and O–H groups in total. The number of nitrogens with zero attached hydrogens (tertiary/aromatic N) is 2. The third kappa shape index (κ3) is 2.21. The lowest BCUT2D eigenvalue weighted by Gasteiger charge is -1.98. The molecular formula is C14H11N3O2S. The summed E-state index contributed by atoms with van der Waals surface area (Å²) in [5.74, 6) is 0.124. The molecular weight excluding hydrogens is 274 g/mol. The van der Waals surface area contributed by atoms with E-state index >= 15 is 0 Å². The molecule has 3 rings (SSSR count). The molecule has 2 aromatic heterocycles. The van der Waals surface area contributed by atoms with Crippen LogP contribution in [0.25, 0.3) is 20.8 Å². The van der Waals surface area contributed by atoms with Crippen molar-refractivity contribution in [2.75, 3.05) is 7.11 Å². The first-order chi connectivity index (χ1) is 9.67. The van der Waals surface area contributed by atoms with Crippen molar-refractivity contribution in [2.45, 2.75) is 0 Å². The van der Waals surface area contributed by atoms with E-state index in [2.05, 4.69) is 9.97 Å². The van der Waals surface area contributed by atoms with Crippen LogP contribution in [0.2, 0.25) is 0 Å². The lowest BCUT2D eigenvalue weighted by molar-refractivity contribution is 0.100. The van der Waals surface area contributed by atoms with Crippen molar-refractivity contribution in [3.63, 3.8) is 0 Å². The molecule has 3 aromatic rings. The number of pyridine rings is 1. The van der Waals surface area contributed by atoms with E-state index in [-0.39, 0.29) is 0 Å². The molecule has 100 valence electrons. The lowest BCUT2D eigenvalue weighted by atomic mass is 10.2. The van der Waals surface area contributed by atoms with Crippen molar-refractivity contribution in [2.24, 2.45) is 5.73 Å². The highest BCUT2D eigenvalue weighted by molar-refractivity contribution is 7.21. The Labute approximate surface area is 119 Å². The van der Waals surface area contributed by atoms with Gasteiger partial charge in [-0.15, -0.1) is 11.3 Å². The number of thiazole rings is 1. The van der Waals surface area contributed by atoms with Crippen LogP contribution in [0.15, 0.2) is 36.5 Å². The number of benzene rings is 1. The van der Waals surface area contributed by atoms with Crippen LogP contribution >= 0.6 is 11.3 Å². The van der Waals surface area contributed by atoms with E-state index in [4.69, 9.17) is 10.5 Å². The molecule has 0 aliphatic rings. The largest absolute Gasteiger partial charge is 0.481 e. The minimum atomic E-state index is -0.437. The average molecular weight is 285 g/mol. The van der Waals surface area contributed by atoms with E-state index in [0.29, 0.717) is 11.4 Å². The van der Waals surface area contributed by atoms with Crippen LogP contribution in [0.5, 0.6) is 5.88 Å². The normalized spacial score (nSPS) is 10.7. The zero-order chi connectivity index (χ0) is 14.1. The molecule has 0 atom stereocenters. The van der Waals surface area contributed by atoms with Crippen LogP contribution in [0.3, 0.4) is 0 Å². The SMILES string of the molecule is COc1ccc(-c2nc3ccc(C(N)=O)cc3s2)cn1. The summed E-state index contributed by atoms with van der Waals surface area (Å²) in [6, 6.07) is 8.93. The third-order valence-corrected chi connectivity index (χ3v) is 3.93. The predicted octanol–water partition coefficient (Wildman–Crippen LogP) is 2.47. The highest BCUT2D eigenvalue weighted by atomic mass is 32.1. The van der Waals surface area contributed by atoms with Crippen LogP contribution in [-0.4, -0.2) is 23.0 Å². The Morgan fingerprint density at radius 1 is 1.30 bits per heavy atom. The number of hydrogen-bond donors (Lipinski definition) is 1. The molecule has 1 amide bonds. The Morgan fingerprint density at radius 2 is 2.15 bits per heavy atom. The first-order valence-corrected chi connectivity index (χ1v) is 6.70. The second kappa shape index (κ2) is 4.90. The van der Waals surface area contributed by atoms with Crippen molar-refractivity contribution < 1.29 is 9.53 Å². The smallest absolute Gasteiger partial charge is 0.248 e. The molecule has 0 fully saturated rings. The molecule has 5 nitrogen and oxygen atoms in total. The summed E-state index contributed by atoms with van der Waals surface area (Å²) in [5.41, 5.74) is 7.51. The van der Waals surface area contributed by atoms with Gasteiger partial charge in [-0.2, -0.15) is 0 Å². The molecule has 0 radical (unpaired) electrons. The average Bonchev–Trinajstić information content (AvgIpc) is 2.90. The summed E-state index contributed by atoms with van der Waals surface area (Å²) in [7, 11) is 1.57. The number of primary amides is 1. The molecule has 0 saturated heterocycles. The zero-order valence-corrected chi connectivity index (χ0v) is 11.5. The monoisotopic (exact) mass is 285 g/mol. The standard InChI is InChI=1S/C14H11N3O2S/c1-19-12-5-3-9(7-16-12)14-17-10-4-2-8(13(15)18)6-11(10)20-14/h2-7H,1H3,(H2,15,18). The van der Waals surface area contributed by atoms with Crippen LogP contribution < -0.4 is 10.5 Å². The summed E-state index contributed by atoms with van der Waals surface area (Å²) < 4.78 is 5.95. The predicted molar refractivity (Wildman–Crippen MR) is 77.9 cm³/mol. The Bertz CT molecular complexity index is 781. The third-order valence-electron chi connectivity index (χ3n) is 2.87. The van der Waals surface area contributed by atoms with E-state index in [9.17, 15) is 4.79 Å². The van der Waals surface area contributed by atoms with Crippen LogP contribution in [0.1, 0.15) is 10.4 Å². The van der Waals surface area contributed by atoms with Gasteiger partial charge in [0.2, 0.25) is 11.8 Å². The fourth-order valence-electron chi connectivity index (χ4n) is 1.83. The Morgan fingerprint density at radius 3 is 2.80 bits per heavy atom. The van der Waals surface area contributed by atoms with E-state index < -0.39 is 5.91 Å². The second-order valence-electron chi connectivity index (χ2n) is 4.16. The number of ether oxygens (including phenoxy) is 1. The van der Waals surface area contributed by atoms with Crippen molar-refractivity contribution in [1.82, 2.24) is 9.97 Å². The highest BCUT2D eigenvalue weighted by Crippen LogP contribution is 2.30. The first kappa shape index (κ1) is 12.6. The highest BCUT2D eigenvalue weighted by Gasteiger charge is 2.09. The molecule has 0 unspecified atom stereocenters. The summed E-state index contributed by atoms with van der Waals surface area (Å²) >= 11 is 1.50. The molecule has 0 aliphatic carbocycles. The molecule has 1 aromatic carbocycles. The van der Waals surface area contributed by atoms with Gasteiger partial charge in [-0.05, 0) is 24.3 Å². The van der Waals surface area contributed by atoms with Gasteiger partial charge in [0.05, 0.1) is 17.3 Å². The fourth-order valence-corrected chi connectivity index (χ4v) is 2.82. The minimum absolute atomic E-state index is 0.437. The van der Waals surface area contributed by atoms with Crippen LogP contribution in [0, 0.1) is 0 Å². The second-order valence-corrected chi connectivity index (χ2v) is 5.19. The Kier molecular flexibility index (Phi) is 3.08. The zero-order valence-electron chi connectivity index (χ0n) is 10.7. The van der Waals surface area contributed by atoms with Gasteiger partial charge in [0.15, 0.2) is 0 Å². The summed E-state index contributed by atoms with van der Waals surface area (Å²) in [6.45, 7) is 0. The minimum Gasteiger partial charge on any atom is -0.481 e. The maximum absolute atomic E-state index is 11.2. The van der Waals surface area contributed by atoms with Gasteiger partial charge in [-0.25, -0.2) is 9.97 Å². The number of rotatable bonds is 3. The molecule has 0 spiro atoms. The quantitative estimate of drug-likeness (QED) is 0.801. The molecule has 6 heteroatoms. The Balaban J connectivity index is 2.05. The molecule has 0 aliphatic heterocycles. The number of fused-ring (bicyclic) bond motifs is 1. The van der Waals surface area contributed by atoms with Gasteiger partial charge in [-0.3, -0.25) is 4.79 Å². The number of amides is 1. The summed E-state index contributed by atoms with van der Waals surface area (Å²) in [4.78, 5) is 19.9. The lowest BCUT2D eigenvalue weighted by Crippen LogP contribution is -2.10. The number of hydrogen-bond acceptors (Lipinski definition) is 5. The Hall–Kier alpha value is -2.47. The van der Waals surface area contributed by atoms with Crippen LogP contribution in [-0.2, 0) is 0 Å². The summed E-state index contributed by atoms with van der Waals surface area (Å²) in [6.07, 6.45) is 1.71. The maximum atomic E-state index is 11.2. The van der Waals surface area contributed by atoms with Gasteiger partial charge >= 0.3 is 0 Å². The summed E-state index contributed by atoms with van der Waals surface area (Å²) in [5, 5.41) is 0.844. The number of carbonyl (C=O) groups excluding carboxylic acids is 1. The van der Waals surface area contributed by atoms with Gasteiger partial charge < -0.3 is 10.5 Å². The van der Waals surface area contributed by atoms with Crippen LogP contribution in [0.4, 0.5) is 0 Å². The van der Waals surface area contributed by atoms with Crippen molar-refractivity contribution >= 4 is 27.5 Å². The fraction of sp³-hybridized carbons (Fsp3) is 0.0714. The maximum Gasteiger partial charge on any atom is 0.248 e. The number of nitrogens with two attached hydrogens (primary N) is 1. The van der Waals surface area contributed by atoms with Crippen molar-refractivity contribution in [1.29, 1.82) is 0 Å². The van der Waals surface area contributed by atoms with Gasteiger partial charge in [0.1, 0.15) is 5.01 Å². The molecule has 0 saturated carbocycles. The van der Waals surface area contributed by atoms with E-state index in [1.54, 1.807) is 37.6 Å². The van der Waals surface area contributed by atoms with E-state index in [1.165, 1.54) is 11.3 Å². The van der Waals surface area contributed by atoms with Gasteiger partial charge in [-0.1, -0.05) is 0 Å². The number of carbonyl (C=O) groups is 1. The van der Waals surface area contributed by atoms with Crippen molar-refractivity contribution in [3.05, 3.63) is 42.1 Å². The molecule has 20 heavy (non-hydrogen) atoms. The van der Waals surface area contributed by atoms with E-state index in [1.807, 2.05) is 6.07 Å². The topological polar surface area (TPSA) is 78.1 Å².